The van der Waals surface area contributed by atoms with Crippen LogP contribution in [0.3, 0.4) is 0 Å². The molecular formula is C23H20O15. The Balaban J connectivity index is 1.74. The van der Waals surface area contributed by atoms with Crippen molar-refractivity contribution in [1.29, 1.82) is 0 Å². The third-order valence-corrected chi connectivity index (χ3v) is 6.08. The van der Waals surface area contributed by atoms with E-state index in [0.717, 1.165) is 0 Å². The average Bonchev–Trinajstić information content (AvgIpc) is 3.36. The maximum atomic E-state index is 13.6. The van der Waals surface area contributed by atoms with E-state index in [4.69, 9.17) is 28.1 Å². The van der Waals surface area contributed by atoms with Crippen LogP contribution in [-0.2, 0) is 9.53 Å². The van der Waals surface area contributed by atoms with E-state index in [1.54, 1.807) is 0 Å². The van der Waals surface area contributed by atoms with Gasteiger partial charge in [-0.05, 0) is 12.1 Å². The van der Waals surface area contributed by atoms with Crippen LogP contribution < -0.4 is 24.4 Å². The van der Waals surface area contributed by atoms with Gasteiger partial charge in [0.2, 0.25) is 35.8 Å². The summed E-state index contributed by atoms with van der Waals surface area (Å²) in [4.78, 5) is 25.1. The summed E-state index contributed by atoms with van der Waals surface area (Å²) >= 11 is 0. The molecule has 3 aromatic rings. The van der Waals surface area contributed by atoms with Gasteiger partial charge in [0, 0.05) is 6.07 Å². The molecule has 0 spiro atoms. The summed E-state index contributed by atoms with van der Waals surface area (Å²) in [7, 11) is 1.23. The Morgan fingerprint density at radius 2 is 1.74 bits per heavy atom. The number of rotatable bonds is 5. The first-order chi connectivity index (χ1) is 18.0. The SMILES string of the molecule is COc1ccc(-c2oc3cc4c(c(O)c3c(=O)c2OC2OC(C(=O)O)C(O)C(O)C2O)OCO4)c(O)c1O. The zero-order valence-electron chi connectivity index (χ0n) is 19.2. The van der Waals surface area contributed by atoms with Gasteiger partial charge in [-0.15, -0.1) is 0 Å². The molecule has 0 saturated carbocycles. The highest BCUT2D eigenvalue weighted by Gasteiger charge is 2.48. The van der Waals surface area contributed by atoms with Crippen LogP contribution in [0.5, 0.6) is 40.2 Å². The molecule has 1 saturated heterocycles. The van der Waals surface area contributed by atoms with E-state index in [1.165, 1.54) is 25.3 Å². The van der Waals surface area contributed by atoms with Crippen molar-refractivity contribution in [3.8, 4) is 51.6 Å². The van der Waals surface area contributed by atoms with E-state index >= 15 is 0 Å². The van der Waals surface area contributed by atoms with Gasteiger partial charge in [0.25, 0.3) is 0 Å². The number of aliphatic hydroxyl groups excluding tert-OH is 3. The monoisotopic (exact) mass is 536 g/mol. The van der Waals surface area contributed by atoms with Crippen LogP contribution >= 0.6 is 0 Å². The number of aliphatic carboxylic acids is 1. The molecule has 0 bridgehead atoms. The van der Waals surface area contributed by atoms with Crippen molar-refractivity contribution in [1.82, 2.24) is 0 Å². The Bertz CT molecular complexity index is 1490. The topological polar surface area (TPSA) is 235 Å². The average molecular weight is 536 g/mol. The van der Waals surface area contributed by atoms with Crippen molar-refractivity contribution >= 4 is 16.9 Å². The summed E-state index contributed by atoms with van der Waals surface area (Å²) in [6.07, 6.45) is -10.3. The first-order valence-corrected chi connectivity index (χ1v) is 10.9. The molecule has 0 amide bonds. The van der Waals surface area contributed by atoms with Crippen molar-refractivity contribution in [3.05, 3.63) is 28.4 Å². The fourth-order valence-electron chi connectivity index (χ4n) is 4.13. The molecule has 3 heterocycles. The minimum absolute atomic E-state index is 0.0343. The lowest BCUT2D eigenvalue weighted by molar-refractivity contribution is -0.271. The predicted octanol–water partition coefficient (Wildman–Crippen LogP) is -0.415. The first kappa shape index (κ1) is 25.2. The zero-order valence-corrected chi connectivity index (χ0v) is 19.2. The molecule has 38 heavy (non-hydrogen) atoms. The van der Waals surface area contributed by atoms with Crippen molar-refractivity contribution in [3.63, 3.8) is 0 Å². The van der Waals surface area contributed by atoms with E-state index in [9.17, 15) is 45.3 Å². The summed E-state index contributed by atoms with van der Waals surface area (Å²) in [6, 6.07) is 3.63. The number of hydrogen-bond acceptors (Lipinski definition) is 14. The predicted molar refractivity (Wildman–Crippen MR) is 121 cm³/mol. The lowest BCUT2D eigenvalue weighted by Gasteiger charge is -2.38. The molecular weight excluding hydrogens is 516 g/mol. The number of carbonyl (C=O) groups is 1. The number of methoxy groups -OCH3 is 1. The van der Waals surface area contributed by atoms with Gasteiger partial charge in [0.1, 0.15) is 29.3 Å². The minimum Gasteiger partial charge on any atom is -0.504 e. The number of carboxylic acid groups (broad SMARTS) is 1. The van der Waals surface area contributed by atoms with E-state index in [-0.39, 0.29) is 35.2 Å². The second kappa shape index (κ2) is 9.14. The molecule has 7 N–H and O–H groups in total. The summed E-state index contributed by atoms with van der Waals surface area (Å²) in [5.41, 5.74) is -1.69. The van der Waals surface area contributed by atoms with Crippen LogP contribution in [-0.4, -0.2) is 86.3 Å². The Hall–Kier alpha value is -4.44. The molecule has 2 aliphatic rings. The number of aliphatic hydroxyl groups is 3. The number of ether oxygens (including phenoxy) is 5. The molecule has 5 rings (SSSR count). The van der Waals surface area contributed by atoms with Crippen LogP contribution in [0.25, 0.3) is 22.3 Å². The Morgan fingerprint density at radius 3 is 2.42 bits per heavy atom. The first-order valence-electron chi connectivity index (χ1n) is 10.9. The van der Waals surface area contributed by atoms with Crippen LogP contribution in [0.1, 0.15) is 0 Å². The van der Waals surface area contributed by atoms with Crippen molar-refractivity contribution in [2.45, 2.75) is 30.7 Å². The number of carboxylic acids is 1. The summed E-state index contributed by atoms with van der Waals surface area (Å²) in [6.45, 7) is -0.268. The third kappa shape index (κ3) is 3.76. The van der Waals surface area contributed by atoms with E-state index in [1.807, 2.05) is 0 Å². The van der Waals surface area contributed by atoms with Crippen molar-refractivity contribution in [2.24, 2.45) is 0 Å². The van der Waals surface area contributed by atoms with Crippen LogP contribution in [0.15, 0.2) is 27.4 Å². The molecule has 2 aromatic carbocycles. The Morgan fingerprint density at radius 1 is 1.00 bits per heavy atom. The Labute approximate surface area is 210 Å². The molecule has 1 fully saturated rings. The van der Waals surface area contributed by atoms with E-state index in [2.05, 4.69) is 0 Å². The highest BCUT2D eigenvalue weighted by molar-refractivity contribution is 5.92. The lowest BCUT2D eigenvalue weighted by Crippen LogP contribution is -2.61. The fraction of sp³-hybridized carbons (Fsp3) is 0.304. The number of benzene rings is 2. The minimum atomic E-state index is -2.06. The summed E-state index contributed by atoms with van der Waals surface area (Å²) in [5.74, 6) is -5.60. The molecule has 0 aliphatic carbocycles. The van der Waals surface area contributed by atoms with Crippen LogP contribution in [0, 0.1) is 0 Å². The highest BCUT2D eigenvalue weighted by atomic mass is 16.7. The fourth-order valence-corrected chi connectivity index (χ4v) is 4.13. The Kier molecular flexibility index (Phi) is 6.07. The molecule has 2 aliphatic heterocycles. The maximum absolute atomic E-state index is 13.6. The normalized spacial score (nSPS) is 24.4. The number of hydrogen-bond donors (Lipinski definition) is 7. The summed E-state index contributed by atoms with van der Waals surface area (Å²) < 4.78 is 31.7. The number of phenolic OH excluding ortho intramolecular Hbond substituents is 3. The summed E-state index contributed by atoms with van der Waals surface area (Å²) in [5, 5.41) is 71.0. The molecule has 202 valence electrons. The van der Waals surface area contributed by atoms with Gasteiger partial charge in [-0.1, -0.05) is 0 Å². The standard InChI is InChI=1S/C23H20O15/c1-33-7-3-2-6(11(24)12(7)25)18-20(37-23-17(30)15(28)16(29)21(38-23)22(31)32)14(27)10-8(36-18)4-9-19(13(10)26)35-5-34-9/h2-4,15-17,21,23-26,28-30H,5H2,1H3,(H,31,32). The number of aromatic hydroxyl groups is 3. The van der Waals surface area contributed by atoms with Crippen LogP contribution in [0.4, 0.5) is 0 Å². The molecule has 5 atom stereocenters. The van der Waals surface area contributed by atoms with Gasteiger partial charge >= 0.3 is 5.97 Å². The number of fused-ring (bicyclic) bond motifs is 2. The number of phenols is 3. The second-order valence-electron chi connectivity index (χ2n) is 8.29. The maximum Gasteiger partial charge on any atom is 0.335 e. The van der Waals surface area contributed by atoms with Gasteiger partial charge in [-0.25, -0.2) is 4.79 Å². The third-order valence-electron chi connectivity index (χ3n) is 6.08. The zero-order chi connectivity index (χ0) is 27.5. The quantitative estimate of drug-likeness (QED) is 0.205. The largest absolute Gasteiger partial charge is 0.504 e. The lowest BCUT2D eigenvalue weighted by atomic mass is 9.99. The highest BCUT2D eigenvalue weighted by Crippen LogP contribution is 2.49. The van der Waals surface area contributed by atoms with E-state index < -0.39 is 76.2 Å². The molecule has 0 radical (unpaired) electrons. The van der Waals surface area contributed by atoms with Gasteiger partial charge < -0.3 is 63.8 Å². The van der Waals surface area contributed by atoms with Gasteiger partial charge in [-0.3, -0.25) is 4.79 Å². The van der Waals surface area contributed by atoms with Crippen LogP contribution in [0.2, 0.25) is 0 Å². The molecule has 15 heteroatoms. The smallest absolute Gasteiger partial charge is 0.335 e. The van der Waals surface area contributed by atoms with Gasteiger partial charge in [-0.2, -0.15) is 0 Å². The van der Waals surface area contributed by atoms with Gasteiger partial charge in [0.15, 0.2) is 34.9 Å². The van der Waals surface area contributed by atoms with E-state index in [0.29, 0.717) is 0 Å². The van der Waals surface area contributed by atoms with Gasteiger partial charge in [0.05, 0.1) is 12.7 Å². The molecule has 5 unspecified atom stereocenters. The molecule has 1 aromatic heterocycles. The molecule has 15 nitrogen and oxygen atoms in total. The van der Waals surface area contributed by atoms with Crippen molar-refractivity contribution < 1.29 is 68.6 Å². The second-order valence-corrected chi connectivity index (χ2v) is 8.29. The van der Waals surface area contributed by atoms with Crippen molar-refractivity contribution in [2.75, 3.05) is 13.9 Å².